The first-order valence-corrected chi connectivity index (χ1v) is 7.79. The zero-order chi connectivity index (χ0) is 14.3. The molecule has 2 aliphatic rings. The Labute approximate surface area is 117 Å². The average Bonchev–Trinajstić information content (AvgIpc) is 2.95. The van der Waals surface area contributed by atoms with Crippen molar-refractivity contribution in [2.75, 3.05) is 13.2 Å². The van der Waals surface area contributed by atoms with Gasteiger partial charge in [0.2, 0.25) is 0 Å². The van der Waals surface area contributed by atoms with E-state index in [0.29, 0.717) is 0 Å². The molecule has 0 radical (unpaired) electrons. The highest BCUT2D eigenvalue weighted by atomic mass is 32.2. The molecular formula is C13H16O6S. The van der Waals surface area contributed by atoms with Crippen LogP contribution in [0.15, 0.2) is 29.2 Å². The van der Waals surface area contributed by atoms with Crippen molar-refractivity contribution in [2.24, 2.45) is 0 Å². The van der Waals surface area contributed by atoms with Gasteiger partial charge in [-0.05, 0) is 19.1 Å². The lowest BCUT2D eigenvalue weighted by molar-refractivity contribution is 0.00979. The van der Waals surface area contributed by atoms with Crippen molar-refractivity contribution in [3.05, 3.63) is 29.8 Å². The van der Waals surface area contributed by atoms with Gasteiger partial charge in [0.05, 0.1) is 18.1 Å². The third-order valence-electron chi connectivity index (χ3n) is 3.54. The molecule has 0 aromatic heterocycles. The van der Waals surface area contributed by atoms with E-state index in [9.17, 15) is 13.5 Å². The van der Waals surface area contributed by atoms with Gasteiger partial charge in [0.25, 0.3) is 10.1 Å². The van der Waals surface area contributed by atoms with Gasteiger partial charge < -0.3 is 14.6 Å². The number of aryl methyl sites for hydroxylation is 1. The van der Waals surface area contributed by atoms with Gasteiger partial charge in [0.1, 0.15) is 24.4 Å². The fourth-order valence-electron chi connectivity index (χ4n) is 2.45. The Hall–Kier alpha value is -0.990. The van der Waals surface area contributed by atoms with Gasteiger partial charge in [0, 0.05) is 0 Å². The lowest BCUT2D eigenvalue weighted by Crippen LogP contribution is -2.34. The van der Waals surface area contributed by atoms with Crippen molar-refractivity contribution in [3.8, 4) is 0 Å². The number of fused-ring (bicyclic) bond motifs is 1. The highest BCUT2D eigenvalue weighted by Gasteiger charge is 2.49. The van der Waals surface area contributed by atoms with Gasteiger partial charge in [0.15, 0.2) is 0 Å². The summed E-state index contributed by atoms with van der Waals surface area (Å²) < 4.78 is 40.2. The number of ether oxygens (including phenoxy) is 2. The van der Waals surface area contributed by atoms with E-state index in [2.05, 4.69) is 0 Å². The normalized spacial score (nSPS) is 33.3. The summed E-state index contributed by atoms with van der Waals surface area (Å²) in [6.45, 7) is 2.11. The molecule has 3 rings (SSSR count). The minimum absolute atomic E-state index is 0.0947. The minimum Gasteiger partial charge on any atom is -0.388 e. The fraction of sp³-hybridized carbons (Fsp3) is 0.538. The Bertz CT molecular complexity index is 581. The summed E-state index contributed by atoms with van der Waals surface area (Å²) in [5, 5.41) is 9.61. The summed E-state index contributed by atoms with van der Waals surface area (Å²) in [6, 6.07) is 6.42. The summed E-state index contributed by atoms with van der Waals surface area (Å²) in [6.07, 6.45) is -2.49. The molecule has 2 saturated heterocycles. The molecule has 2 heterocycles. The van der Waals surface area contributed by atoms with Crippen LogP contribution >= 0.6 is 0 Å². The number of aliphatic hydroxyl groups excluding tert-OH is 1. The van der Waals surface area contributed by atoms with Crippen molar-refractivity contribution in [2.45, 2.75) is 36.2 Å². The molecule has 7 heteroatoms. The summed E-state index contributed by atoms with van der Waals surface area (Å²) in [5.41, 5.74) is 0.968. The van der Waals surface area contributed by atoms with Crippen molar-refractivity contribution in [1.82, 2.24) is 0 Å². The topological polar surface area (TPSA) is 82.1 Å². The maximum Gasteiger partial charge on any atom is 0.297 e. The Kier molecular flexibility index (Phi) is 3.55. The Morgan fingerprint density at radius 2 is 1.80 bits per heavy atom. The number of aliphatic hydroxyl groups is 1. The summed E-state index contributed by atoms with van der Waals surface area (Å²) in [5.74, 6) is 0. The predicted molar refractivity (Wildman–Crippen MR) is 68.7 cm³/mol. The molecule has 110 valence electrons. The van der Waals surface area contributed by atoms with Crippen LogP contribution in [0.5, 0.6) is 0 Å². The molecule has 4 atom stereocenters. The van der Waals surface area contributed by atoms with E-state index >= 15 is 0 Å². The van der Waals surface area contributed by atoms with Crippen LogP contribution in [-0.4, -0.2) is 51.2 Å². The van der Waals surface area contributed by atoms with E-state index in [0.717, 1.165) is 5.56 Å². The minimum atomic E-state index is -3.86. The van der Waals surface area contributed by atoms with E-state index in [4.69, 9.17) is 13.7 Å². The lowest BCUT2D eigenvalue weighted by Gasteiger charge is -2.16. The van der Waals surface area contributed by atoms with Gasteiger partial charge in [-0.3, -0.25) is 4.18 Å². The SMILES string of the molecule is Cc1ccc(S(=O)(=O)O[C@H]2CO[C@H]3[C@H]2OC[C@H]3O)cc1. The molecule has 1 N–H and O–H groups in total. The van der Waals surface area contributed by atoms with E-state index < -0.39 is 34.5 Å². The first-order valence-electron chi connectivity index (χ1n) is 6.38. The number of hydrogen-bond acceptors (Lipinski definition) is 6. The summed E-state index contributed by atoms with van der Waals surface area (Å²) >= 11 is 0. The van der Waals surface area contributed by atoms with Crippen molar-refractivity contribution in [3.63, 3.8) is 0 Å². The van der Waals surface area contributed by atoms with E-state index in [1.54, 1.807) is 12.1 Å². The summed E-state index contributed by atoms with van der Waals surface area (Å²) in [4.78, 5) is 0.102. The van der Waals surface area contributed by atoms with Crippen LogP contribution in [0.4, 0.5) is 0 Å². The zero-order valence-electron chi connectivity index (χ0n) is 10.9. The molecule has 0 spiro atoms. The molecular weight excluding hydrogens is 284 g/mol. The second-order valence-corrected chi connectivity index (χ2v) is 6.64. The maximum absolute atomic E-state index is 12.2. The van der Waals surface area contributed by atoms with Crippen LogP contribution in [0.25, 0.3) is 0 Å². The third-order valence-corrected chi connectivity index (χ3v) is 4.89. The molecule has 1 aromatic rings. The molecule has 0 amide bonds. The van der Waals surface area contributed by atoms with Crippen LogP contribution in [-0.2, 0) is 23.8 Å². The van der Waals surface area contributed by atoms with E-state index in [1.807, 2.05) is 6.92 Å². The Balaban J connectivity index is 1.76. The molecule has 0 unspecified atom stereocenters. The van der Waals surface area contributed by atoms with Crippen LogP contribution in [0.3, 0.4) is 0 Å². The second kappa shape index (κ2) is 5.09. The maximum atomic E-state index is 12.2. The van der Waals surface area contributed by atoms with Gasteiger partial charge in [-0.1, -0.05) is 17.7 Å². The smallest absolute Gasteiger partial charge is 0.297 e. The Morgan fingerprint density at radius 3 is 2.50 bits per heavy atom. The molecule has 2 aliphatic heterocycles. The lowest BCUT2D eigenvalue weighted by atomic mass is 10.1. The van der Waals surface area contributed by atoms with Crippen molar-refractivity contribution >= 4 is 10.1 Å². The molecule has 20 heavy (non-hydrogen) atoms. The van der Waals surface area contributed by atoms with Gasteiger partial charge >= 0.3 is 0 Å². The predicted octanol–water partition coefficient (Wildman–Crippen LogP) is 0.227. The molecule has 2 fully saturated rings. The number of rotatable bonds is 3. The molecule has 1 aromatic carbocycles. The number of hydrogen-bond donors (Lipinski definition) is 1. The fourth-order valence-corrected chi connectivity index (χ4v) is 3.52. The van der Waals surface area contributed by atoms with Crippen LogP contribution < -0.4 is 0 Å². The second-order valence-electron chi connectivity index (χ2n) is 5.07. The van der Waals surface area contributed by atoms with E-state index in [-0.39, 0.29) is 18.1 Å². The number of benzene rings is 1. The van der Waals surface area contributed by atoms with Crippen LogP contribution in [0.2, 0.25) is 0 Å². The highest BCUT2D eigenvalue weighted by Crippen LogP contribution is 2.30. The molecule has 0 aliphatic carbocycles. The third kappa shape index (κ3) is 2.47. The first-order chi connectivity index (χ1) is 9.47. The molecule has 0 saturated carbocycles. The quantitative estimate of drug-likeness (QED) is 0.805. The van der Waals surface area contributed by atoms with Gasteiger partial charge in [-0.25, -0.2) is 0 Å². The van der Waals surface area contributed by atoms with Gasteiger partial charge in [-0.15, -0.1) is 0 Å². The standard InChI is InChI=1S/C13H16O6S/c1-8-2-4-9(5-3-8)20(15,16)19-11-7-18-12-10(14)6-17-13(11)12/h2-5,10-14H,6-7H2,1H3/t10-,11+,12-,13+/m1/s1. The van der Waals surface area contributed by atoms with Crippen molar-refractivity contribution in [1.29, 1.82) is 0 Å². The zero-order valence-corrected chi connectivity index (χ0v) is 11.7. The largest absolute Gasteiger partial charge is 0.388 e. The van der Waals surface area contributed by atoms with E-state index in [1.165, 1.54) is 12.1 Å². The highest BCUT2D eigenvalue weighted by molar-refractivity contribution is 7.86. The van der Waals surface area contributed by atoms with Gasteiger partial charge in [-0.2, -0.15) is 8.42 Å². The van der Waals surface area contributed by atoms with Crippen molar-refractivity contribution < 1.29 is 27.2 Å². The monoisotopic (exact) mass is 300 g/mol. The van der Waals surface area contributed by atoms with Crippen LogP contribution in [0, 0.1) is 6.92 Å². The average molecular weight is 300 g/mol. The first kappa shape index (κ1) is 14.0. The van der Waals surface area contributed by atoms with Crippen LogP contribution in [0.1, 0.15) is 5.56 Å². The molecule has 6 nitrogen and oxygen atoms in total. The summed E-state index contributed by atoms with van der Waals surface area (Å²) in [7, 11) is -3.86. The Morgan fingerprint density at radius 1 is 1.15 bits per heavy atom. The molecule has 0 bridgehead atoms.